The second-order valence-corrected chi connectivity index (χ2v) is 7.36. The van der Waals surface area contributed by atoms with Gasteiger partial charge in [0.15, 0.2) is 0 Å². The number of carboxylic acids is 1. The highest BCUT2D eigenvalue weighted by atomic mass is 79.9. The summed E-state index contributed by atoms with van der Waals surface area (Å²) in [6, 6.07) is 5.92. The molecule has 1 aromatic rings. The predicted molar refractivity (Wildman–Crippen MR) is 86.5 cm³/mol. The summed E-state index contributed by atoms with van der Waals surface area (Å²) in [5.41, 5.74) is 2.10. The third-order valence-electron chi connectivity index (χ3n) is 4.85. The summed E-state index contributed by atoms with van der Waals surface area (Å²) >= 11 is 3.48. The highest BCUT2D eigenvalue weighted by Crippen LogP contribution is 2.44. The Balaban J connectivity index is 1.67. The topological polar surface area (TPSA) is 57.6 Å². The lowest BCUT2D eigenvalue weighted by atomic mass is 9.92. The summed E-state index contributed by atoms with van der Waals surface area (Å²) in [7, 11) is 0. The Bertz CT molecular complexity index is 612. The van der Waals surface area contributed by atoms with Crippen molar-refractivity contribution in [2.45, 2.75) is 26.2 Å². The van der Waals surface area contributed by atoms with Crippen molar-refractivity contribution >= 4 is 27.8 Å². The lowest BCUT2D eigenvalue weighted by Gasteiger charge is -2.16. The largest absolute Gasteiger partial charge is 0.481 e. The zero-order valence-corrected chi connectivity index (χ0v) is 14.2. The molecule has 3 rings (SSSR count). The van der Waals surface area contributed by atoms with Gasteiger partial charge >= 0.3 is 5.97 Å². The molecule has 0 bridgehead atoms. The zero-order chi connectivity index (χ0) is 15.9. The summed E-state index contributed by atoms with van der Waals surface area (Å²) < 4.78 is 0.999. The van der Waals surface area contributed by atoms with Gasteiger partial charge in [0.25, 0.3) is 0 Å². The van der Waals surface area contributed by atoms with E-state index in [9.17, 15) is 14.7 Å². The van der Waals surface area contributed by atoms with Gasteiger partial charge in [-0.3, -0.25) is 9.59 Å². The first-order valence-electron chi connectivity index (χ1n) is 7.71. The molecule has 1 aromatic carbocycles. The molecule has 1 N–H and O–H groups in total. The SMILES string of the molecule is Cc1ccc(CC(=O)N2C[C@H](C(=O)O)[C@@H](C3CC3)C2)cc1Br. The summed E-state index contributed by atoms with van der Waals surface area (Å²) in [6.07, 6.45) is 2.56. The number of carboxylic acid groups (broad SMARTS) is 1. The number of likely N-dealkylation sites (tertiary alicyclic amines) is 1. The zero-order valence-electron chi connectivity index (χ0n) is 12.6. The Hall–Kier alpha value is -1.36. The summed E-state index contributed by atoms with van der Waals surface area (Å²) in [5, 5.41) is 9.37. The van der Waals surface area contributed by atoms with Gasteiger partial charge in [0.05, 0.1) is 12.3 Å². The number of carbonyl (C=O) groups is 2. The number of hydrogen-bond acceptors (Lipinski definition) is 2. The van der Waals surface area contributed by atoms with E-state index in [2.05, 4.69) is 15.9 Å². The van der Waals surface area contributed by atoms with Crippen LogP contribution in [0.3, 0.4) is 0 Å². The molecule has 2 fully saturated rings. The van der Waals surface area contributed by atoms with Crippen LogP contribution >= 0.6 is 15.9 Å². The van der Waals surface area contributed by atoms with Crippen molar-refractivity contribution < 1.29 is 14.7 Å². The molecular formula is C17H20BrNO3. The number of amides is 1. The second-order valence-electron chi connectivity index (χ2n) is 6.51. The predicted octanol–water partition coefficient (Wildman–Crippen LogP) is 2.87. The minimum absolute atomic E-state index is 0.0325. The van der Waals surface area contributed by atoms with Gasteiger partial charge in [-0.05, 0) is 48.8 Å². The first-order chi connectivity index (χ1) is 10.5. The number of benzene rings is 1. The molecule has 0 unspecified atom stereocenters. The molecule has 1 aliphatic heterocycles. The van der Waals surface area contributed by atoms with Crippen molar-refractivity contribution in [3.05, 3.63) is 33.8 Å². The van der Waals surface area contributed by atoms with Crippen molar-refractivity contribution in [2.24, 2.45) is 17.8 Å². The van der Waals surface area contributed by atoms with E-state index in [1.165, 1.54) is 0 Å². The third-order valence-corrected chi connectivity index (χ3v) is 5.71. The van der Waals surface area contributed by atoms with Gasteiger partial charge in [0.2, 0.25) is 5.91 Å². The molecule has 0 radical (unpaired) electrons. The molecule has 2 atom stereocenters. The van der Waals surface area contributed by atoms with Crippen molar-refractivity contribution in [2.75, 3.05) is 13.1 Å². The second kappa shape index (κ2) is 6.03. The molecule has 2 aliphatic rings. The van der Waals surface area contributed by atoms with Gasteiger partial charge in [0.1, 0.15) is 0 Å². The van der Waals surface area contributed by atoms with Gasteiger partial charge in [-0.2, -0.15) is 0 Å². The number of aryl methyl sites for hydroxylation is 1. The van der Waals surface area contributed by atoms with Crippen molar-refractivity contribution in [3.63, 3.8) is 0 Å². The minimum atomic E-state index is -0.759. The minimum Gasteiger partial charge on any atom is -0.481 e. The van der Waals surface area contributed by atoms with Crippen LogP contribution in [0.1, 0.15) is 24.0 Å². The summed E-state index contributed by atoms with van der Waals surface area (Å²) in [5.74, 6) is -0.463. The lowest BCUT2D eigenvalue weighted by molar-refractivity contribution is -0.142. The van der Waals surface area contributed by atoms with E-state index in [4.69, 9.17) is 0 Å². The molecular weight excluding hydrogens is 346 g/mol. The maximum Gasteiger partial charge on any atom is 0.308 e. The molecule has 1 aliphatic carbocycles. The summed E-state index contributed by atoms with van der Waals surface area (Å²) in [4.78, 5) is 25.6. The Morgan fingerprint density at radius 3 is 2.64 bits per heavy atom. The molecule has 118 valence electrons. The Labute approximate surface area is 138 Å². The smallest absolute Gasteiger partial charge is 0.308 e. The van der Waals surface area contributed by atoms with Crippen LogP contribution in [0.15, 0.2) is 22.7 Å². The maximum atomic E-state index is 12.5. The first kappa shape index (κ1) is 15.5. The van der Waals surface area contributed by atoms with Gasteiger partial charge in [-0.1, -0.05) is 28.1 Å². The van der Waals surface area contributed by atoms with E-state index in [0.29, 0.717) is 25.4 Å². The average molecular weight is 366 g/mol. The number of aliphatic carboxylic acids is 1. The van der Waals surface area contributed by atoms with Crippen LogP contribution in [0.2, 0.25) is 0 Å². The van der Waals surface area contributed by atoms with Gasteiger partial charge in [-0.25, -0.2) is 0 Å². The van der Waals surface area contributed by atoms with E-state index in [0.717, 1.165) is 28.4 Å². The number of hydrogen-bond donors (Lipinski definition) is 1. The van der Waals surface area contributed by atoms with Crippen LogP contribution in [0, 0.1) is 24.7 Å². The third kappa shape index (κ3) is 3.19. The van der Waals surface area contributed by atoms with Crippen LogP contribution in [-0.2, 0) is 16.0 Å². The Morgan fingerprint density at radius 2 is 2.05 bits per heavy atom. The number of carbonyl (C=O) groups excluding carboxylic acids is 1. The molecule has 4 nitrogen and oxygen atoms in total. The first-order valence-corrected chi connectivity index (χ1v) is 8.50. The lowest BCUT2D eigenvalue weighted by Crippen LogP contribution is -2.31. The molecule has 5 heteroatoms. The fraction of sp³-hybridized carbons (Fsp3) is 0.529. The van der Waals surface area contributed by atoms with Crippen LogP contribution in [0.25, 0.3) is 0 Å². The van der Waals surface area contributed by atoms with Crippen molar-refractivity contribution in [3.8, 4) is 0 Å². The Morgan fingerprint density at radius 1 is 1.32 bits per heavy atom. The number of halogens is 1. The van der Waals surface area contributed by atoms with Crippen LogP contribution < -0.4 is 0 Å². The molecule has 0 spiro atoms. The normalized spacial score (nSPS) is 24.5. The average Bonchev–Trinajstić information content (AvgIpc) is 3.21. The van der Waals surface area contributed by atoms with Crippen LogP contribution in [0.5, 0.6) is 0 Å². The molecule has 1 amide bonds. The van der Waals surface area contributed by atoms with E-state index in [-0.39, 0.29) is 17.7 Å². The van der Waals surface area contributed by atoms with E-state index in [1.54, 1.807) is 4.90 Å². The standard InChI is InChI=1S/C17H20BrNO3/c1-10-2-3-11(6-15(10)18)7-16(20)19-8-13(12-4-5-12)14(9-19)17(21)22/h2-3,6,12-14H,4-5,7-9H2,1H3,(H,21,22)/t13-,14+/m1/s1. The molecule has 1 saturated carbocycles. The number of rotatable bonds is 4. The highest BCUT2D eigenvalue weighted by Gasteiger charge is 2.46. The molecule has 1 heterocycles. The van der Waals surface area contributed by atoms with Crippen LogP contribution in [0.4, 0.5) is 0 Å². The molecule has 22 heavy (non-hydrogen) atoms. The van der Waals surface area contributed by atoms with Crippen molar-refractivity contribution in [1.29, 1.82) is 0 Å². The quantitative estimate of drug-likeness (QED) is 0.892. The fourth-order valence-electron chi connectivity index (χ4n) is 3.33. The van der Waals surface area contributed by atoms with Gasteiger partial charge < -0.3 is 10.0 Å². The molecule has 0 aromatic heterocycles. The Kier molecular flexibility index (Phi) is 4.26. The number of nitrogens with zero attached hydrogens (tertiary/aromatic N) is 1. The summed E-state index contributed by atoms with van der Waals surface area (Å²) in [6.45, 7) is 2.98. The fourth-order valence-corrected chi connectivity index (χ4v) is 3.75. The van der Waals surface area contributed by atoms with Crippen molar-refractivity contribution in [1.82, 2.24) is 4.90 Å². The monoisotopic (exact) mass is 365 g/mol. The van der Waals surface area contributed by atoms with Gasteiger partial charge in [-0.15, -0.1) is 0 Å². The highest BCUT2D eigenvalue weighted by molar-refractivity contribution is 9.10. The maximum absolute atomic E-state index is 12.5. The van der Waals surface area contributed by atoms with Gasteiger partial charge in [0, 0.05) is 17.6 Å². The molecule has 1 saturated heterocycles. The van der Waals surface area contributed by atoms with E-state index < -0.39 is 5.97 Å². The van der Waals surface area contributed by atoms with Crippen LogP contribution in [-0.4, -0.2) is 35.0 Å². The van der Waals surface area contributed by atoms with E-state index >= 15 is 0 Å². The van der Waals surface area contributed by atoms with E-state index in [1.807, 2.05) is 25.1 Å².